The van der Waals surface area contributed by atoms with Gasteiger partial charge in [-0.15, -0.1) is 0 Å². The SMILES string of the molecule is COc1ccc2c(c1)c(CC(=O)OCCOCCN1C(=O)c3cccc4c(NCCN(C)C)ccc(c34)C1=O)c(C)n2C(=O)c1ccc(Cl)cc1. The van der Waals surface area contributed by atoms with Gasteiger partial charge < -0.3 is 24.4 Å². The number of hydrogen-bond donors (Lipinski definition) is 1. The number of halogens is 1. The molecule has 0 unspecified atom stereocenters. The quantitative estimate of drug-likeness (QED) is 0.0863. The van der Waals surface area contributed by atoms with Crippen molar-refractivity contribution in [3.05, 3.63) is 106 Å². The number of carbonyl (C=O) groups is 4. The van der Waals surface area contributed by atoms with Crippen LogP contribution in [0.2, 0.25) is 5.02 Å². The fraction of sp³-hybridized carbons (Fsp3) is 0.282. The number of ether oxygens (including phenoxy) is 3. The average molecular weight is 711 g/mol. The molecule has 0 atom stereocenters. The topological polar surface area (TPSA) is 119 Å². The maximum atomic E-state index is 13.6. The number of rotatable bonds is 14. The van der Waals surface area contributed by atoms with Crippen LogP contribution < -0.4 is 10.1 Å². The minimum absolute atomic E-state index is 0.0306. The van der Waals surface area contributed by atoms with Crippen molar-refractivity contribution in [2.75, 3.05) is 66.0 Å². The Bertz CT molecular complexity index is 2120. The van der Waals surface area contributed by atoms with E-state index in [4.69, 9.17) is 25.8 Å². The summed E-state index contributed by atoms with van der Waals surface area (Å²) in [6.45, 7) is 3.50. The number of nitrogens with zero attached hydrogens (tertiary/aromatic N) is 3. The minimum atomic E-state index is -0.496. The van der Waals surface area contributed by atoms with Crippen LogP contribution in [-0.2, 0) is 20.7 Å². The van der Waals surface area contributed by atoms with Crippen LogP contribution >= 0.6 is 11.6 Å². The van der Waals surface area contributed by atoms with Crippen LogP contribution in [0, 0.1) is 6.92 Å². The van der Waals surface area contributed by atoms with E-state index >= 15 is 0 Å². The summed E-state index contributed by atoms with van der Waals surface area (Å²) in [5, 5.41) is 6.11. The Morgan fingerprint density at radius 2 is 1.63 bits per heavy atom. The second kappa shape index (κ2) is 15.3. The lowest BCUT2D eigenvalue weighted by Gasteiger charge is -2.28. The van der Waals surface area contributed by atoms with E-state index < -0.39 is 5.97 Å². The smallest absolute Gasteiger partial charge is 0.310 e. The molecule has 12 heteroatoms. The van der Waals surface area contributed by atoms with E-state index in [-0.39, 0.29) is 50.5 Å². The van der Waals surface area contributed by atoms with Crippen molar-refractivity contribution in [1.82, 2.24) is 14.4 Å². The van der Waals surface area contributed by atoms with Crippen LogP contribution in [0.1, 0.15) is 42.3 Å². The van der Waals surface area contributed by atoms with Gasteiger partial charge in [-0.05, 0) is 87.2 Å². The van der Waals surface area contributed by atoms with Crippen LogP contribution in [0.25, 0.3) is 21.7 Å². The fourth-order valence-electron chi connectivity index (χ4n) is 6.38. The minimum Gasteiger partial charge on any atom is -0.497 e. The van der Waals surface area contributed by atoms with E-state index in [1.807, 2.05) is 32.3 Å². The van der Waals surface area contributed by atoms with Gasteiger partial charge in [0.25, 0.3) is 17.7 Å². The molecule has 0 spiro atoms. The lowest BCUT2D eigenvalue weighted by atomic mass is 9.93. The molecule has 1 N–H and O–H groups in total. The molecule has 4 aromatic carbocycles. The summed E-state index contributed by atoms with van der Waals surface area (Å²) < 4.78 is 18.2. The second-order valence-electron chi connectivity index (χ2n) is 12.5. The Labute approximate surface area is 300 Å². The summed E-state index contributed by atoms with van der Waals surface area (Å²) in [4.78, 5) is 56.7. The molecule has 2 heterocycles. The third kappa shape index (κ3) is 7.32. The number of amides is 2. The molecule has 0 bridgehead atoms. The Hall–Kier alpha value is -5.23. The maximum absolute atomic E-state index is 13.6. The lowest BCUT2D eigenvalue weighted by Crippen LogP contribution is -2.42. The highest BCUT2D eigenvalue weighted by Gasteiger charge is 2.33. The molecule has 0 aliphatic carbocycles. The van der Waals surface area contributed by atoms with E-state index in [9.17, 15) is 19.2 Å². The molecule has 5 aromatic rings. The largest absolute Gasteiger partial charge is 0.497 e. The van der Waals surface area contributed by atoms with Gasteiger partial charge in [-0.2, -0.15) is 0 Å². The molecule has 6 rings (SSSR count). The van der Waals surface area contributed by atoms with E-state index in [0.717, 1.165) is 24.2 Å². The molecule has 1 aliphatic rings. The number of hydrogen-bond acceptors (Lipinski definition) is 9. The number of carbonyl (C=O) groups excluding carboxylic acids is 4. The summed E-state index contributed by atoms with van der Waals surface area (Å²) in [7, 11) is 5.55. The van der Waals surface area contributed by atoms with Gasteiger partial charge in [-0.1, -0.05) is 23.7 Å². The van der Waals surface area contributed by atoms with Crippen molar-refractivity contribution in [3.8, 4) is 5.75 Å². The molecule has 1 aliphatic heterocycles. The molecule has 0 radical (unpaired) electrons. The Balaban J connectivity index is 1.05. The highest BCUT2D eigenvalue weighted by Crippen LogP contribution is 2.35. The molecule has 0 saturated carbocycles. The van der Waals surface area contributed by atoms with Crippen molar-refractivity contribution in [2.45, 2.75) is 13.3 Å². The van der Waals surface area contributed by atoms with Crippen molar-refractivity contribution in [3.63, 3.8) is 0 Å². The number of esters is 1. The fourth-order valence-corrected chi connectivity index (χ4v) is 6.51. The zero-order valence-electron chi connectivity index (χ0n) is 29.0. The third-order valence-corrected chi connectivity index (χ3v) is 9.23. The van der Waals surface area contributed by atoms with Gasteiger partial charge in [0.1, 0.15) is 12.4 Å². The Morgan fingerprint density at radius 3 is 2.35 bits per heavy atom. The van der Waals surface area contributed by atoms with E-state index in [1.54, 1.807) is 73.2 Å². The van der Waals surface area contributed by atoms with Gasteiger partial charge >= 0.3 is 5.97 Å². The zero-order chi connectivity index (χ0) is 36.2. The van der Waals surface area contributed by atoms with Crippen molar-refractivity contribution >= 4 is 62.7 Å². The molecule has 0 fully saturated rings. The number of nitrogens with one attached hydrogen (secondary N) is 1. The first-order chi connectivity index (χ1) is 24.6. The van der Waals surface area contributed by atoms with Crippen molar-refractivity contribution in [1.29, 1.82) is 0 Å². The number of benzene rings is 4. The third-order valence-electron chi connectivity index (χ3n) is 8.97. The van der Waals surface area contributed by atoms with Gasteiger partial charge in [-0.3, -0.25) is 28.6 Å². The van der Waals surface area contributed by atoms with Gasteiger partial charge in [0.05, 0.1) is 38.8 Å². The summed E-state index contributed by atoms with van der Waals surface area (Å²) in [5.41, 5.74) is 4.15. The number of anilines is 1. The number of imide groups is 1. The van der Waals surface area contributed by atoms with E-state index in [0.29, 0.717) is 55.0 Å². The Morgan fingerprint density at radius 1 is 0.882 bits per heavy atom. The molecule has 0 saturated heterocycles. The highest BCUT2D eigenvalue weighted by atomic mass is 35.5. The first-order valence-corrected chi connectivity index (χ1v) is 17.0. The predicted molar refractivity (Wildman–Crippen MR) is 196 cm³/mol. The molecule has 1 aromatic heterocycles. The first kappa shape index (κ1) is 35.6. The summed E-state index contributed by atoms with van der Waals surface area (Å²) in [5.74, 6) is -0.914. The molecule has 11 nitrogen and oxygen atoms in total. The predicted octanol–water partition coefficient (Wildman–Crippen LogP) is 5.83. The van der Waals surface area contributed by atoms with Crippen LogP contribution in [-0.4, -0.2) is 98.7 Å². The molecule has 264 valence electrons. The number of methoxy groups -OCH3 is 1. The van der Waals surface area contributed by atoms with Gasteiger partial charge in [-0.25, -0.2) is 0 Å². The van der Waals surface area contributed by atoms with Crippen LogP contribution in [0.3, 0.4) is 0 Å². The van der Waals surface area contributed by atoms with Crippen LogP contribution in [0.4, 0.5) is 5.69 Å². The number of fused-ring (bicyclic) bond motifs is 1. The van der Waals surface area contributed by atoms with Crippen molar-refractivity contribution in [2.24, 2.45) is 0 Å². The van der Waals surface area contributed by atoms with E-state index in [2.05, 4.69) is 10.2 Å². The number of aromatic nitrogens is 1. The highest BCUT2D eigenvalue weighted by molar-refractivity contribution is 6.30. The zero-order valence-corrected chi connectivity index (χ0v) is 29.7. The maximum Gasteiger partial charge on any atom is 0.310 e. The molecular formula is C39H39ClN4O7. The van der Waals surface area contributed by atoms with E-state index in [1.165, 1.54) is 4.90 Å². The first-order valence-electron chi connectivity index (χ1n) is 16.6. The summed E-state index contributed by atoms with van der Waals surface area (Å²) in [6.07, 6.45) is -0.0784. The van der Waals surface area contributed by atoms with Gasteiger partial charge in [0.15, 0.2) is 0 Å². The van der Waals surface area contributed by atoms with Crippen LogP contribution in [0.5, 0.6) is 5.75 Å². The van der Waals surface area contributed by atoms with Crippen LogP contribution in [0.15, 0.2) is 72.8 Å². The average Bonchev–Trinajstić information content (AvgIpc) is 3.39. The number of likely N-dealkylation sites (N-methyl/N-ethyl adjacent to an activating group) is 1. The normalized spacial score (nSPS) is 12.6. The lowest BCUT2D eigenvalue weighted by molar-refractivity contribution is -0.144. The molecule has 2 amide bonds. The Kier molecular flexibility index (Phi) is 10.7. The molecule has 51 heavy (non-hydrogen) atoms. The van der Waals surface area contributed by atoms with Gasteiger partial charge in [0.2, 0.25) is 0 Å². The molecular weight excluding hydrogens is 672 g/mol. The summed E-state index contributed by atoms with van der Waals surface area (Å²) >= 11 is 6.03. The summed E-state index contributed by atoms with van der Waals surface area (Å²) in [6, 6.07) is 21.1. The van der Waals surface area contributed by atoms with Gasteiger partial charge in [0, 0.05) is 62.3 Å². The standard InChI is InChI=1S/C39H39ClN4O7/c1-24-31(32-22-27(49-4)12-15-34(32)44(24)37(46)25-8-10-26(40)11-9-25)23-35(45)51-21-20-50-19-18-43-38(47)29-7-5-6-28-33(41-16-17-42(2)3)14-13-30(36(28)29)39(43)48/h5-15,22,41H,16-21,23H2,1-4H3. The van der Waals surface area contributed by atoms with Crippen molar-refractivity contribution < 1.29 is 33.4 Å². The monoisotopic (exact) mass is 710 g/mol. The second-order valence-corrected chi connectivity index (χ2v) is 12.9.